The van der Waals surface area contributed by atoms with E-state index >= 15 is 0 Å². The van der Waals surface area contributed by atoms with Gasteiger partial charge in [0.2, 0.25) is 0 Å². The Kier molecular flexibility index (Phi) is 4.52. The molecule has 1 aliphatic heterocycles. The minimum absolute atomic E-state index is 0.00843. The molecule has 0 saturated carbocycles. The van der Waals surface area contributed by atoms with Crippen molar-refractivity contribution in [3.05, 3.63) is 79.9 Å². The summed E-state index contributed by atoms with van der Waals surface area (Å²) < 4.78 is 0. The first-order chi connectivity index (χ1) is 11.6. The number of non-ortho nitro benzene ring substituents is 2. The molecule has 0 aliphatic carbocycles. The number of rotatable bonds is 5. The molecule has 1 aliphatic rings. The molecule has 0 radical (unpaired) electrons. The topological polar surface area (TPSA) is 98.3 Å². The Morgan fingerprint density at radius 3 is 1.67 bits per heavy atom. The number of hydrogen-bond acceptors (Lipinski definition) is 5. The fraction of sp³-hybridized carbons (Fsp3) is 0.294. The van der Waals surface area contributed by atoms with Crippen LogP contribution in [0.5, 0.6) is 0 Å². The molecule has 1 N–H and O–H groups in total. The van der Waals surface area contributed by atoms with Crippen molar-refractivity contribution < 1.29 is 9.85 Å². The summed E-state index contributed by atoms with van der Waals surface area (Å²) in [5, 5.41) is 25.1. The van der Waals surface area contributed by atoms with Gasteiger partial charge in [0.1, 0.15) is 0 Å². The SMILES string of the molecule is O=[N+]([O-])c1ccc(C(c2ccc([N+](=O)[O-])cc2)[C@@H]2CCCN2)cc1. The summed E-state index contributed by atoms with van der Waals surface area (Å²) in [6.45, 7) is 0.932. The molecule has 3 rings (SSSR count). The van der Waals surface area contributed by atoms with Gasteiger partial charge in [-0.2, -0.15) is 0 Å². The van der Waals surface area contributed by atoms with Gasteiger partial charge in [-0.15, -0.1) is 0 Å². The third kappa shape index (κ3) is 3.26. The van der Waals surface area contributed by atoms with Crippen LogP contribution in [0.25, 0.3) is 0 Å². The van der Waals surface area contributed by atoms with Gasteiger partial charge < -0.3 is 5.32 Å². The Morgan fingerprint density at radius 1 is 0.875 bits per heavy atom. The number of nitrogens with zero attached hydrogens (tertiary/aromatic N) is 2. The van der Waals surface area contributed by atoms with E-state index in [1.807, 2.05) is 0 Å². The van der Waals surface area contributed by atoms with Crippen molar-refractivity contribution in [2.75, 3.05) is 6.54 Å². The van der Waals surface area contributed by atoms with Crippen molar-refractivity contribution in [3.63, 3.8) is 0 Å². The molecule has 124 valence electrons. The predicted octanol–water partition coefficient (Wildman–Crippen LogP) is 3.39. The highest BCUT2D eigenvalue weighted by Gasteiger charge is 2.28. The molecule has 1 saturated heterocycles. The average Bonchev–Trinajstić information content (AvgIpc) is 3.10. The Morgan fingerprint density at radius 2 is 1.33 bits per heavy atom. The van der Waals surface area contributed by atoms with Gasteiger partial charge in [-0.1, -0.05) is 24.3 Å². The van der Waals surface area contributed by atoms with Crippen LogP contribution in [0.1, 0.15) is 29.9 Å². The van der Waals surface area contributed by atoms with Gasteiger partial charge in [0.25, 0.3) is 11.4 Å². The third-order valence-corrected chi connectivity index (χ3v) is 4.43. The minimum Gasteiger partial charge on any atom is -0.313 e. The summed E-state index contributed by atoms with van der Waals surface area (Å²) in [7, 11) is 0. The van der Waals surface area contributed by atoms with Crippen molar-refractivity contribution in [1.82, 2.24) is 5.32 Å². The Bertz CT molecular complexity index is 680. The van der Waals surface area contributed by atoms with E-state index in [2.05, 4.69) is 5.32 Å². The fourth-order valence-corrected chi connectivity index (χ4v) is 3.26. The van der Waals surface area contributed by atoms with Crippen LogP contribution in [-0.4, -0.2) is 22.4 Å². The third-order valence-electron chi connectivity index (χ3n) is 4.43. The first kappa shape index (κ1) is 16.1. The summed E-state index contributed by atoms with van der Waals surface area (Å²) >= 11 is 0. The van der Waals surface area contributed by atoms with E-state index in [1.165, 1.54) is 24.3 Å². The van der Waals surface area contributed by atoms with Crippen LogP contribution in [-0.2, 0) is 0 Å². The lowest BCUT2D eigenvalue weighted by Crippen LogP contribution is -2.29. The van der Waals surface area contributed by atoms with Crippen LogP contribution in [0.2, 0.25) is 0 Å². The molecular weight excluding hydrogens is 310 g/mol. The zero-order chi connectivity index (χ0) is 17.1. The summed E-state index contributed by atoms with van der Waals surface area (Å²) in [6, 6.07) is 13.3. The smallest absolute Gasteiger partial charge is 0.269 e. The number of nitrogens with one attached hydrogen (secondary N) is 1. The first-order valence-electron chi connectivity index (χ1n) is 7.78. The van der Waals surface area contributed by atoms with E-state index in [0.717, 1.165) is 30.5 Å². The highest BCUT2D eigenvalue weighted by Crippen LogP contribution is 2.33. The van der Waals surface area contributed by atoms with Crippen molar-refractivity contribution >= 4 is 11.4 Å². The predicted molar refractivity (Wildman–Crippen MR) is 89.1 cm³/mol. The van der Waals surface area contributed by atoms with Gasteiger partial charge in [0.05, 0.1) is 9.85 Å². The first-order valence-corrected chi connectivity index (χ1v) is 7.78. The molecule has 1 atom stereocenters. The highest BCUT2D eigenvalue weighted by atomic mass is 16.6. The van der Waals surface area contributed by atoms with Gasteiger partial charge in [-0.25, -0.2) is 0 Å². The quantitative estimate of drug-likeness (QED) is 0.670. The van der Waals surface area contributed by atoms with E-state index in [4.69, 9.17) is 0 Å². The van der Waals surface area contributed by atoms with Crippen LogP contribution >= 0.6 is 0 Å². The summed E-state index contributed by atoms with van der Waals surface area (Å²) in [4.78, 5) is 20.8. The molecule has 1 fully saturated rings. The lowest BCUT2D eigenvalue weighted by atomic mass is 9.84. The van der Waals surface area contributed by atoms with Gasteiger partial charge in [-0.3, -0.25) is 20.2 Å². The number of hydrogen-bond donors (Lipinski definition) is 1. The standard InChI is InChI=1S/C17H17N3O4/c21-19(22)14-7-3-12(4-8-14)17(16-2-1-11-18-16)13-5-9-15(10-6-13)20(23)24/h3-10,16-18H,1-2,11H2/t16-/m0/s1. The molecule has 7 nitrogen and oxygen atoms in total. The largest absolute Gasteiger partial charge is 0.313 e. The molecular formula is C17H17N3O4. The molecule has 0 spiro atoms. The zero-order valence-corrected chi connectivity index (χ0v) is 12.9. The van der Waals surface area contributed by atoms with Crippen molar-refractivity contribution in [2.24, 2.45) is 0 Å². The molecule has 1 heterocycles. The Labute approximate surface area is 138 Å². The summed E-state index contributed by atoms with van der Waals surface area (Å²) in [6.07, 6.45) is 2.07. The summed E-state index contributed by atoms with van der Waals surface area (Å²) in [5.41, 5.74) is 2.05. The molecule has 0 unspecified atom stereocenters. The van der Waals surface area contributed by atoms with Gasteiger partial charge in [0, 0.05) is 36.2 Å². The van der Waals surface area contributed by atoms with E-state index in [0.29, 0.717) is 0 Å². The van der Waals surface area contributed by atoms with Gasteiger partial charge >= 0.3 is 0 Å². The second kappa shape index (κ2) is 6.76. The van der Waals surface area contributed by atoms with E-state index < -0.39 is 9.85 Å². The van der Waals surface area contributed by atoms with Crippen LogP contribution in [0.4, 0.5) is 11.4 Å². The van der Waals surface area contributed by atoms with Crippen molar-refractivity contribution in [1.29, 1.82) is 0 Å². The highest BCUT2D eigenvalue weighted by molar-refractivity contribution is 5.42. The molecule has 0 aromatic heterocycles. The van der Waals surface area contributed by atoms with E-state index in [1.54, 1.807) is 24.3 Å². The maximum atomic E-state index is 10.8. The van der Waals surface area contributed by atoms with E-state index in [-0.39, 0.29) is 23.3 Å². The Hall–Kier alpha value is -2.80. The zero-order valence-electron chi connectivity index (χ0n) is 12.9. The second-order valence-electron chi connectivity index (χ2n) is 5.88. The molecule has 2 aromatic carbocycles. The average molecular weight is 327 g/mol. The molecule has 0 bridgehead atoms. The lowest BCUT2D eigenvalue weighted by molar-refractivity contribution is -0.385. The number of benzene rings is 2. The maximum absolute atomic E-state index is 10.8. The van der Waals surface area contributed by atoms with Crippen molar-refractivity contribution in [2.45, 2.75) is 24.8 Å². The molecule has 24 heavy (non-hydrogen) atoms. The van der Waals surface area contributed by atoms with Crippen LogP contribution in [0.3, 0.4) is 0 Å². The molecule has 2 aromatic rings. The minimum atomic E-state index is -0.418. The van der Waals surface area contributed by atoms with Gasteiger partial charge in [-0.05, 0) is 30.5 Å². The number of nitro groups is 2. The monoisotopic (exact) mass is 327 g/mol. The second-order valence-corrected chi connectivity index (χ2v) is 5.88. The fourth-order valence-electron chi connectivity index (χ4n) is 3.26. The van der Waals surface area contributed by atoms with Gasteiger partial charge in [0.15, 0.2) is 0 Å². The lowest BCUT2D eigenvalue weighted by Gasteiger charge is -2.24. The normalized spacial score (nSPS) is 17.1. The van der Waals surface area contributed by atoms with Crippen LogP contribution in [0.15, 0.2) is 48.5 Å². The molecule has 0 amide bonds. The Balaban J connectivity index is 1.96. The maximum Gasteiger partial charge on any atom is 0.269 e. The van der Waals surface area contributed by atoms with E-state index in [9.17, 15) is 20.2 Å². The van der Waals surface area contributed by atoms with Crippen molar-refractivity contribution in [3.8, 4) is 0 Å². The number of nitro benzene ring substituents is 2. The van der Waals surface area contributed by atoms with Crippen LogP contribution in [0, 0.1) is 20.2 Å². The molecule has 7 heteroatoms. The summed E-state index contributed by atoms with van der Waals surface area (Å²) in [5.74, 6) is 0.00843. The van der Waals surface area contributed by atoms with Crippen LogP contribution < -0.4 is 5.32 Å².